The molecule has 0 radical (unpaired) electrons. The fourth-order valence-corrected chi connectivity index (χ4v) is 1.66. The minimum absolute atomic E-state index is 0.234. The van der Waals surface area contributed by atoms with Crippen LogP contribution in [0.15, 0.2) is 12.4 Å². The van der Waals surface area contributed by atoms with E-state index in [0.717, 1.165) is 31.6 Å². The van der Waals surface area contributed by atoms with Gasteiger partial charge in [-0.1, -0.05) is 13.3 Å². The van der Waals surface area contributed by atoms with Gasteiger partial charge in [-0.2, -0.15) is 0 Å². The topological polar surface area (TPSA) is 84.1 Å². The molecule has 90 valence electrons. The van der Waals surface area contributed by atoms with Gasteiger partial charge >= 0.3 is 0 Å². The molecule has 0 fully saturated rings. The molecule has 0 saturated heterocycles. The molecule has 5 nitrogen and oxygen atoms in total. The highest BCUT2D eigenvalue weighted by molar-refractivity contribution is 5.43. The first kappa shape index (κ1) is 12.7. The summed E-state index contributed by atoms with van der Waals surface area (Å²) in [4.78, 5) is 7.89. The van der Waals surface area contributed by atoms with Crippen molar-refractivity contribution in [2.24, 2.45) is 5.92 Å². The Bertz CT molecular complexity index is 300. The number of anilines is 2. The Morgan fingerprint density at radius 3 is 2.88 bits per heavy atom. The first-order chi connectivity index (χ1) is 7.76. The van der Waals surface area contributed by atoms with Crippen LogP contribution in [0.25, 0.3) is 0 Å². The Morgan fingerprint density at radius 2 is 2.25 bits per heavy atom. The lowest BCUT2D eigenvalue weighted by atomic mass is 10.0. The van der Waals surface area contributed by atoms with E-state index in [2.05, 4.69) is 22.2 Å². The predicted octanol–water partition coefficient (Wildman–Crippen LogP) is 1.27. The Balaban J connectivity index is 2.41. The molecule has 0 aromatic carbocycles. The average Bonchev–Trinajstić information content (AvgIpc) is 2.27. The van der Waals surface area contributed by atoms with E-state index in [1.54, 1.807) is 6.07 Å². The van der Waals surface area contributed by atoms with E-state index in [4.69, 9.17) is 10.8 Å². The molecule has 4 N–H and O–H groups in total. The van der Waals surface area contributed by atoms with Gasteiger partial charge in [0.15, 0.2) is 0 Å². The number of aliphatic hydroxyl groups excluding tert-OH is 1. The lowest BCUT2D eigenvalue weighted by Gasteiger charge is -2.15. The van der Waals surface area contributed by atoms with Crippen LogP contribution in [0.2, 0.25) is 0 Å². The van der Waals surface area contributed by atoms with Crippen molar-refractivity contribution >= 4 is 11.6 Å². The third kappa shape index (κ3) is 4.44. The molecule has 0 saturated carbocycles. The van der Waals surface area contributed by atoms with Crippen molar-refractivity contribution in [3.63, 3.8) is 0 Å². The number of nitrogens with one attached hydrogen (secondary N) is 1. The highest BCUT2D eigenvalue weighted by Gasteiger charge is 2.07. The molecule has 0 aliphatic heterocycles. The summed E-state index contributed by atoms with van der Waals surface area (Å²) < 4.78 is 0. The first-order valence-electron chi connectivity index (χ1n) is 5.68. The van der Waals surface area contributed by atoms with E-state index in [1.807, 2.05) is 0 Å². The standard InChI is InChI=1S/C11H20N4O/c1-2-3-9(4-5-16)7-13-11-6-10(12)14-8-15-11/h6,8-9,16H,2-5,7H2,1H3,(H3,12,13,14,15). The summed E-state index contributed by atoms with van der Waals surface area (Å²) in [5.74, 6) is 1.68. The fourth-order valence-electron chi connectivity index (χ4n) is 1.66. The smallest absolute Gasteiger partial charge is 0.131 e. The highest BCUT2D eigenvalue weighted by atomic mass is 16.3. The summed E-state index contributed by atoms with van der Waals surface area (Å²) in [6, 6.07) is 1.71. The summed E-state index contributed by atoms with van der Waals surface area (Å²) in [5.41, 5.74) is 5.55. The molecular weight excluding hydrogens is 204 g/mol. The summed E-state index contributed by atoms with van der Waals surface area (Å²) in [5, 5.41) is 12.1. The second kappa shape index (κ2) is 7.00. The molecule has 1 aromatic rings. The number of nitrogen functional groups attached to an aromatic ring is 1. The number of nitrogens with two attached hydrogens (primary N) is 1. The van der Waals surface area contributed by atoms with Crippen LogP contribution in [-0.4, -0.2) is 28.2 Å². The molecule has 0 spiro atoms. The second-order valence-corrected chi connectivity index (χ2v) is 3.88. The quantitative estimate of drug-likeness (QED) is 0.649. The van der Waals surface area contributed by atoms with Crippen molar-refractivity contribution in [3.05, 3.63) is 12.4 Å². The monoisotopic (exact) mass is 224 g/mol. The molecule has 1 aromatic heterocycles. The summed E-state index contributed by atoms with van der Waals surface area (Å²) >= 11 is 0. The van der Waals surface area contributed by atoms with Gasteiger partial charge in [0.2, 0.25) is 0 Å². The molecule has 0 aliphatic rings. The van der Waals surface area contributed by atoms with Gasteiger partial charge < -0.3 is 16.2 Å². The number of aromatic nitrogens is 2. The van der Waals surface area contributed by atoms with E-state index in [1.165, 1.54) is 6.33 Å². The maximum absolute atomic E-state index is 8.93. The van der Waals surface area contributed by atoms with Crippen molar-refractivity contribution in [2.45, 2.75) is 26.2 Å². The van der Waals surface area contributed by atoms with Crippen LogP contribution >= 0.6 is 0 Å². The molecule has 16 heavy (non-hydrogen) atoms. The van der Waals surface area contributed by atoms with Crippen molar-refractivity contribution in [3.8, 4) is 0 Å². The molecule has 0 bridgehead atoms. The van der Waals surface area contributed by atoms with Gasteiger partial charge in [-0.3, -0.25) is 0 Å². The highest BCUT2D eigenvalue weighted by Crippen LogP contribution is 2.12. The van der Waals surface area contributed by atoms with E-state index < -0.39 is 0 Å². The van der Waals surface area contributed by atoms with Gasteiger partial charge in [0.25, 0.3) is 0 Å². The van der Waals surface area contributed by atoms with Crippen LogP contribution in [0.3, 0.4) is 0 Å². The zero-order valence-corrected chi connectivity index (χ0v) is 9.69. The molecular formula is C11H20N4O. The number of nitrogens with zero attached hydrogens (tertiary/aromatic N) is 2. The minimum Gasteiger partial charge on any atom is -0.396 e. The zero-order valence-electron chi connectivity index (χ0n) is 9.69. The third-order valence-corrected chi connectivity index (χ3v) is 2.49. The third-order valence-electron chi connectivity index (χ3n) is 2.49. The Labute approximate surface area is 96.1 Å². The Morgan fingerprint density at radius 1 is 1.44 bits per heavy atom. The number of hydrogen-bond acceptors (Lipinski definition) is 5. The van der Waals surface area contributed by atoms with E-state index in [0.29, 0.717) is 11.7 Å². The van der Waals surface area contributed by atoms with Gasteiger partial charge in [-0.15, -0.1) is 0 Å². The van der Waals surface area contributed by atoms with Gasteiger partial charge in [-0.05, 0) is 18.8 Å². The molecule has 5 heteroatoms. The molecule has 0 amide bonds. The first-order valence-corrected chi connectivity index (χ1v) is 5.68. The summed E-state index contributed by atoms with van der Waals surface area (Å²) in [6.07, 6.45) is 4.49. The van der Waals surface area contributed by atoms with Crippen LogP contribution in [0, 0.1) is 5.92 Å². The maximum atomic E-state index is 8.93. The van der Waals surface area contributed by atoms with Crippen LogP contribution in [0.5, 0.6) is 0 Å². The molecule has 1 unspecified atom stereocenters. The molecule has 1 heterocycles. The van der Waals surface area contributed by atoms with Crippen LogP contribution in [0.4, 0.5) is 11.6 Å². The van der Waals surface area contributed by atoms with Gasteiger partial charge in [0, 0.05) is 19.2 Å². The largest absolute Gasteiger partial charge is 0.396 e. The lowest BCUT2D eigenvalue weighted by molar-refractivity contribution is 0.255. The van der Waals surface area contributed by atoms with Gasteiger partial charge in [0.1, 0.15) is 18.0 Å². The van der Waals surface area contributed by atoms with E-state index in [-0.39, 0.29) is 6.61 Å². The maximum Gasteiger partial charge on any atom is 0.131 e. The number of rotatable bonds is 7. The fraction of sp³-hybridized carbons (Fsp3) is 0.636. The Kier molecular flexibility index (Phi) is 5.56. The van der Waals surface area contributed by atoms with Gasteiger partial charge in [-0.25, -0.2) is 9.97 Å². The number of aliphatic hydroxyl groups is 1. The summed E-state index contributed by atoms with van der Waals surface area (Å²) in [6.45, 7) is 3.19. The average molecular weight is 224 g/mol. The summed E-state index contributed by atoms with van der Waals surface area (Å²) in [7, 11) is 0. The van der Waals surface area contributed by atoms with Crippen molar-refractivity contribution < 1.29 is 5.11 Å². The molecule has 1 rings (SSSR count). The minimum atomic E-state index is 0.234. The van der Waals surface area contributed by atoms with Crippen LogP contribution in [0.1, 0.15) is 26.2 Å². The van der Waals surface area contributed by atoms with E-state index >= 15 is 0 Å². The van der Waals surface area contributed by atoms with Crippen LogP contribution in [-0.2, 0) is 0 Å². The Hall–Kier alpha value is -1.36. The van der Waals surface area contributed by atoms with Crippen molar-refractivity contribution in [1.29, 1.82) is 0 Å². The second-order valence-electron chi connectivity index (χ2n) is 3.88. The zero-order chi connectivity index (χ0) is 11.8. The predicted molar refractivity (Wildman–Crippen MR) is 65.0 cm³/mol. The van der Waals surface area contributed by atoms with E-state index in [9.17, 15) is 0 Å². The molecule has 0 aliphatic carbocycles. The lowest BCUT2D eigenvalue weighted by Crippen LogP contribution is -2.16. The van der Waals surface area contributed by atoms with Crippen molar-refractivity contribution in [1.82, 2.24) is 9.97 Å². The SMILES string of the molecule is CCCC(CCO)CNc1cc(N)ncn1. The number of hydrogen-bond donors (Lipinski definition) is 3. The van der Waals surface area contributed by atoms with Gasteiger partial charge in [0.05, 0.1) is 0 Å². The van der Waals surface area contributed by atoms with Crippen LogP contribution < -0.4 is 11.1 Å². The normalized spacial score (nSPS) is 12.4. The molecule has 1 atom stereocenters. The van der Waals surface area contributed by atoms with Crippen molar-refractivity contribution in [2.75, 3.05) is 24.2 Å².